The van der Waals surface area contributed by atoms with Crippen LogP contribution in [0.1, 0.15) is 43.9 Å². The summed E-state index contributed by atoms with van der Waals surface area (Å²) in [6.45, 7) is 4.86. The molecule has 3 aromatic rings. The lowest BCUT2D eigenvalue weighted by atomic mass is 9.97. The van der Waals surface area contributed by atoms with Crippen molar-refractivity contribution in [1.29, 1.82) is 0 Å². The van der Waals surface area contributed by atoms with Crippen molar-refractivity contribution in [2.24, 2.45) is 5.92 Å². The van der Waals surface area contributed by atoms with E-state index < -0.39 is 22.0 Å². The minimum absolute atomic E-state index is 0.0211. The molecule has 2 atom stereocenters. The Morgan fingerprint density at radius 3 is 2.44 bits per heavy atom. The van der Waals surface area contributed by atoms with Crippen LogP contribution in [0.5, 0.6) is 0 Å². The zero-order valence-electron chi connectivity index (χ0n) is 23.4. The number of amides is 1. The molecule has 1 aliphatic heterocycles. The SMILES string of the molecule is CCOC(=O)[C@H]1CCCN(c2ccc(NC(=O)COCc3ccccc3)cc2S(=O)(=O)N[C@@H](C)c2ccccc2)C1. The summed E-state index contributed by atoms with van der Waals surface area (Å²) in [6, 6.07) is 23.1. The highest BCUT2D eigenvalue weighted by atomic mass is 32.2. The second-order valence-electron chi connectivity index (χ2n) is 10.00. The second kappa shape index (κ2) is 14.2. The standard InChI is InChI=1S/C31H37N3O6S/c1-3-40-31(36)26-15-10-18-34(20-26)28-17-16-27(32-30(35)22-39-21-24-11-6-4-7-12-24)19-29(28)41(37,38)33-23(2)25-13-8-5-9-14-25/h4-9,11-14,16-17,19,23,26,33H,3,10,15,18,20-22H2,1-2H3,(H,32,35)/t23-,26-/m0/s1. The Hall–Kier alpha value is -3.73. The maximum absolute atomic E-state index is 13.8. The lowest BCUT2D eigenvalue weighted by Gasteiger charge is -2.34. The molecule has 10 heteroatoms. The predicted octanol–water partition coefficient (Wildman–Crippen LogP) is 4.66. The van der Waals surface area contributed by atoms with E-state index in [0.29, 0.717) is 43.9 Å². The first-order chi connectivity index (χ1) is 19.8. The molecule has 41 heavy (non-hydrogen) atoms. The number of nitrogens with one attached hydrogen (secondary N) is 2. The maximum atomic E-state index is 13.8. The van der Waals surface area contributed by atoms with Gasteiger partial charge in [0.1, 0.15) is 11.5 Å². The van der Waals surface area contributed by atoms with Gasteiger partial charge in [-0.2, -0.15) is 0 Å². The Morgan fingerprint density at radius 2 is 1.73 bits per heavy atom. The third kappa shape index (κ3) is 8.39. The average molecular weight is 580 g/mol. The van der Waals surface area contributed by atoms with Gasteiger partial charge in [0.25, 0.3) is 0 Å². The van der Waals surface area contributed by atoms with Gasteiger partial charge in [-0.15, -0.1) is 0 Å². The van der Waals surface area contributed by atoms with Gasteiger partial charge < -0.3 is 19.7 Å². The lowest BCUT2D eigenvalue weighted by Crippen LogP contribution is -2.40. The molecule has 0 aliphatic carbocycles. The van der Waals surface area contributed by atoms with Crippen molar-refractivity contribution in [2.75, 3.05) is 36.5 Å². The van der Waals surface area contributed by atoms with E-state index in [1.165, 1.54) is 6.07 Å². The van der Waals surface area contributed by atoms with Crippen molar-refractivity contribution in [1.82, 2.24) is 4.72 Å². The van der Waals surface area contributed by atoms with Gasteiger partial charge in [0.2, 0.25) is 15.9 Å². The fraction of sp³-hybridized carbons (Fsp3) is 0.355. The van der Waals surface area contributed by atoms with E-state index in [1.54, 1.807) is 26.0 Å². The van der Waals surface area contributed by atoms with Crippen LogP contribution in [0.2, 0.25) is 0 Å². The number of carbonyl (C=O) groups excluding carboxylic acids is 2. The van der Waals surface area contributed by atoms with E-state index in [2.05, 4.69) is 10.0 Å². The molecular weight excluding hydrogens is 542 g/mol. The summed E-state index contributed by atoms with van der Waals surface area (Å²) >= 11 is 0. The van der Waals surface area contributed by atoms with E-state index in [4.69, 9.17) is 9.47 Å². The Balaban J connectivity index is 1.56. The normalized spacial score (nSPS) is 16.1. The molecule has 0 radical (unpaired) electrons. The number of esters is 1. The number of anilines is 2. The molecule has 1 fully saturated rings. The highest BCUT2D eigenvalue weighted by Gasteiger charge is 2.31. The molecule has 1 amide bonds. The minimum Gasteiger partial charge on any atom is -0.466 e. The Bertz CT molecular complexity index is 1420. The van der Waals surface area contributed by atoms with Crippen LogP contribution < -0.4 is 14.9 Å². The molecule has 218 valence electrons. The Morgan fingerprint density at radius 1 is 1.02 bits per heavy atom. The quantitative estimate of drug-likeness (QED) is 0.300. The summed E-state index contributed by atoms with van der Waals surface area (Å²) in [5.74, 6) is -1.03. The van der Waals surface area contributed by atoms with Gasteiger partial charge in [0.05, 0.1) is 24.8 Å². The number of piperidine rings is 1. The molecule has 0 unspecified atom stereocenters. The van der Waals surface area contributed by atoms with Gasteiger partial charge in [0, 0.05) is 24.8 Å². The second-order valence-corrected chi connectivity index (χ2v) is 11.7. The summed E-state index contributed by atoms with van der Waals surface area (Å²) in [4.78, 5) is 27.0. The van der Waals surface area contributed by atoms with Crippen LogP contribution in [0.25, 0.3) is 0 Å². The molecule has 3 aromatic carbocycles. The Kier molecular flexibility index (Phi) is 10.5. The summed E-state index contributed by atoms with van der Waals surface area (Å²) in [5, 5.41) is 2.75. The fourth-order valence-corrected chi connectivity index (χ4v) is 6.34. The van der Waals surface area contributed by atoms with Crippen molar-refractivity contribution >= 4 is 33.3 Å². The average Bonchev–Trinajstić information content (AvgIpc) is 2.98. The zero-order chi connectivity index (χ0) is 29.2. The molecule has 0 aromatic heterocycles. The number of rotatable bonds is 12. The largest absolute Gasteiger partial charge is 0.466 e. The molecule has 1 aliphatic rings. The summed E-state index contributed by atoms with van der Waals surface area (Å²) < 4.78 is 41.1. The molecule has 1 saturated heterocycles. The summed E-state index contributed by atoms with van der Waals surface area (Å²) in [6.07, 6.45) is 1.39. The van der Waals surface area contributed by atoms with Crippen LogP contribution in [-0.4, -0.2) is 46.6 Å². The van der Waals surface area contributed by atoms with Gasteiger partial charge in [0.15, 0.2) is 0 Å². The third-order valence-corrected chi connectivity index (χ3v) is 8.46. The first-order valence-electron chi connectivity index (χ1n) is 13.8. The zero-order valence-corrected chi connectivity index (χ0v) is 24.2. The number of nitrogens with zero attached hydrogens (tertiary/aromatic N) is 1. The van der Waals surface area contributed by atoms with Crippen LogP contribution in [-0.2, 0) is 35.7 Å². The molecule has 1 heterocycles. The third-order valence-electron chi connectivity index (χ3n) is 6.89. The molecule has 2 N–H and O–H groups in total. The van der Waals surface area contributed by atoms with Crippen molar-refractivity contribution < 1.29 is 27.5 Å². The Labute approximate surface area is 241 Å². The van der Waals surface area contributed by atoms with Crippen LogP contribution in [0.15, 0.2) is 83.8 Å². The van der Waals surface area contributed by atoms with Gasteiger partial charge in [-0.1, -0.05) is 60.7 Å². The topological polar surface area (TPSA) is 114 Å². The molecule has 0 bridgehead atoms. The van der Waals surface area contributed by atoms with Crippen molar-refractivity contribution in [3.8, 4) is 0 Å². The first kappa shape index (κ1) is 30.2. The van der Waals surface area contributed by atoms with Crippen LogP contribution in [0.3, 0.4) is 0 Å². The van der Waals surface area contributed by atoms with Gasteiger partial charge in [-0.25, -0.2) is 13.1 Å². The highest BCUT2D eigenvalue weighted by Crippen LogP contribution is 2.33. The highest BCUT2D eigenvalue weighted by molar-refractivity contribution is 7.89. The van der Waals surface area contributed by atoms with E-state index in [9.17, 15) is 18.0 Å². The number of hydrogen-bond acceptors (Lipinski definition) is 7. The van der Waals surface area contributed by atoms with Crippen LogP contribution in [0, 0.1) is 5.92 Å². The number of ether oxygens (including phenoxy) is 2. The van der Waals surface area contributed by atoms with Crippen molar-refractivity contribution in [3.63, 3.8) is 0 Å². The van der Waals surface area contributed by atoms with Gasteiger partial charge in [-0.05, 0) is 56.0 Å². The van der Waals surface area contributed by atoms with Crippen LogP contribution in [0.4, 0.5) is 11.4 Å². The molecular formula is C31H37N3O6S. The minimum atomic E-state index is -4.04. The molecule has 0 saturated carbocycles. The summed E-state index contributed by atoms with van der Waals surface area (Å²) in [7, 11) is -4.04. The van der Waals surface area contributed by atoms with E-state index in [1.807, 2.05) is 65.6 Å². The predicted molar refractivity (Wildman–Crippen MR) is 158 cm³/mol. The maximum Gasteiger partial charge on any atom is 0.310 e. The smallest absolute Gasteiger partial charge is 0.310 e. The monoisotopic (exact) mass is 579 g/mol. The molecule has 0 spiro atoms. The molecule has 4 rings (SSSR count). The number of benzene rings is 3. The van der Waals surface area contributed by atoms with E-state index in [-0.39, 0.29) is 30.0 Å². The van der Waals surface area contributed by atoms with E-state index >= 15 is 0 Å². The van der Waals surface area contributed by atoms with Gasteiger partial charge in [-0.3, -0.25) is 9.59 Å². The van der Waals surface area contributed by atoms with Crippen LogP contribution >= 0.6 is 0 Å². The molecule has 9 nitrogen and oxygen atoms in total. The number of hydrogen-bond donors (Lipinski definition) is 2. The first-order valence-corrected chi connectivity index (χ1v) is 15.3. The lowest BCUT2D eigenvalue weighted by molar-refractivity contribution is -0.148. The van der Waals surface area contributed by atoms with E-state index in [0.717, 1.165) is 11.1 Å². The number of sulfonamides is 1. The summed E-state index contributed by atoms with van der Waals surface area (Å²) in [5.41, 5.74) is 2.55. The van der Waals surface area contributed by atoms with Crippen molar-refractivity contribution in [2.45, 2.75) is 44.2 Å². The fourth-order valence-electron chi connectivity index (χ4n) is 4.86. The van der Waals surface area contributed by atoms with Crippen molar-refractivity contribution in [3.05, 3.63) is 90.0 Å². The van der Waals surface area contributed by atoms with Gasteiger partial charge >= 0.3 is 5.97 Å². The number of carbonyl (C=O) groups is 2.